The zero-order valence-corrected chi connectivity index (χ0v) is 11.0. The highest BCUT2D eigenvalue weighted by atomic mass is 16.6. The lowest BCUT2D eigenvalue weighted by atomic mass is 10.0. The Bertz CT molecular complexity index is 320. The molecule has 2 rings (SSSR count). The highest BCUT2D eigenvalue weighted by molar-refractivity contribution is 5.69. The minimum Gasteiger partial charge on any atom is -0.443 e. The summed E-state index contributed by atoms with van der Waals surface area (Å²) in [4.78, 5) is 16.0. The molecule has 0 aromatic heterocycles. The Hall–Kier alpha value is -1.19. The van der Waals surface area contributed by atoms with Crippen molar-refractivity contribution in [3.05, 3.63) is 12.4 Å². The van der Waals surface area contributed by atoms with E-state index in [9.17, 15) is 4.79 Å². The number of ether oxygens (including phenoxy) is 1. The second kappa shape index (κ2) is 4.59. The standard InChI is InChI=1S/C13H22N2O2/c1-13(2,3)17-12(16)15-9-8-14-7-5-4-6-11(14)10-15/h8-9,11H,4-7,10H2,1-3H3/t11-/m0/s1. The summed E-state index contributed by atoms with van der Waals surface area (Å²) in [6.45, 7) is 7.55. The van der Waals surface area contributed by atoms with Gasteiger partial charge in [0.15, 0.2) is 0 Å². The van der Waals surface area contributed by atoms with Gasteiger partial charge in [0.05, 0.1) is 0 Å². The zero-order chi connectivity index (χ0) is 12.5. The van der Waals surface area contributed by atoms with E-state index in [-0.39, 0.29) is 6.09 Å². The molecule has 96 valence electrons. The van der Waals surface area contributed by atoms with Crippen molar-refractivity contribution in [3.8, 4) is 0 Å². The Morgan fingerprint density at radius 1 is 1.29 bits per heavy atom. The summed E-state index contributed by atoms with van der Waals surface area (Å²) in [6, 6.07) is 0.473. The first-order chi connectivity index (χ1) is 7.96. The van der Waals surface area contributed by atoms with Crippen molar-refractivity contribution in [1.29, 1.82) is 0 Å². The Morgan fingerprint density at radius 2 is 2.06 bits per heavy atom. The van der Waals surface area contributed by atoms with E-state index in [2.05, 4.69) is 4.90 Å². The van der Waals surface area contributed by atoms with Crippen LogP contribution in [0.2, 0.25) is 0 Å². The maximum atomic E-state index is 11.9. The second-order valence-corrected chi connectivity index (χ2v) is 5.82. The minimum atomic E-state index is -0.422. The van der Waals surface area contributed by atoms with Gasteiger partial charge in [-0.25, -0.2) is 4.79 Å². The van der Waals surface area contributed by atoms with Gasteiger partial charge in [0.2, 0.25) is 0 Å². The van der Waals surface area contributed by atoms with Crippen LogP contribution in [0, 0.1) is 0 Å². The van der Waals surface area contributed by atoms with Crippen molar-refractivity contribution < 1.29 is 9.53 Å². The third-order valence-electron chi connectivity index (χ3n) is 3.15. The molecule has 4 nitrogen and oxygen atoms in total. The maximum absolute atomic E-state index is 11.9. The second-order valence-electron chi connectivity index (χ2n) is 5.82. The molecule has 0 unspecified atom stereocenters. The largest absolute Gasteiger partial charge is 0.443 e. The SMILES string of the molecule is CC(C)(C)OC(=O)N1C=CN2CCCC[C@H]2C1. The topological polar surface area (TPSA) is 32.8 Å². The molecule has 0 N–H and O–H groups in total. The van der Waals surface area contributed by atoms with Crippen molar-refractivity contribution in [1.82, 2.24) is 9.80 Å². The number of carbonyl (C=O) groups is 1. The average Bonchev–Trinajstić information content (AvgIpc) is 2.26. The van der Waals surface area contributed by atoms with E-state index in [0.717, 1.165) is 13.1 Å². The fraction of sp³-hybridized carbons (Fsp3) is 0.769. The number of carbonyl (C=O) groups excluding carboxylic acids is 1. The molecule has 2 heterocycles. The summed E-state index contributed by atoms with van der Waals surface area (Å²) in [5.74, 6) is 0. The lowest BCUT2D eigenvalue weighted by Crippen LogP contribution is -2.48. The zero-order valence-electron chi connectivity index (χ0n) is 11.0. The molecule has 1 saturated heterocycles. The van der Waals surface area contributed by atoms with Crippen LogP contribution in [0.1, 0.15) is 40.0 Å². The van der Waals surface area contributed by atoms with Gasteiger partial charge in [-0.05, 0) is 40.0 Å². The molecule has 0 aromatic carbocycles. The lowest BCUT2D eigenvalue weighted by Gasteiger charge is -2.41. The predicted molar refractivity (Wildman–Crippen MR) is 66.4 cm³/mol. The van der Waals surface area contributed by atoms with E-state index in [4.69, 9.17) is 4.74 Å². The van der Waals surface area contributed by atoms with Gasteiger partial charge in [-0.2, -0.15) is 0 Å². The molecule has 0 saturated carbocycles. The Balaban J connectivity index is 1.97. The van der Waals surface area contributed by atoms with Crippen LogP contribution in [0.5, 0.6) is 0 Å². The molecule has 1 atom stereocenters. The summed E-state index contributed by atoms with van der Waals surface area (Å²) in [5.41, 5.74) is -0.422. The summed E-state index contributed by atoms with van der Waals surface area (Å²) < 4.78 is 5.37. The number of hydrogen-bond acceptors (Lipinski definition) is 3. The van der Waals surface area contributed by atoms with Crippen LogP contribution in [0.3, 0.4) is 0 Å². The van der Waals surface area contributed by atoms with Crippen LogP contribution >= 0.6 is 0 Å². The number of rotatable bonds is 0. The lowest BCUT2D eigenvalue weighted by molar-refractivity contribution is 0.0249. The fourth-order valence-corrected chi connectivity index (χ4v) is 2.33. The molecule has 1 fully saturated rings. The molecule has 0 bridgehead atoms. The average molecular weight is 238 g/mol. The first kappa shape index (κ1) is 12.3. The van der Waals surface area contributed by atoms with Crippen LogP contribution in [-0.4, -0.2) is 40.6 Å². The van der Waals surface area contributed by atoms with Gasteiger partial charge in [-0.1, -0.05) is 0 Å². The smallest absolute Gasteiger partial charge is 0.414 e. The first-order valence-electron chi connectivity index (χ1n) is 6.39. The Labute approximate surface area is 103 Å². The van der Waals surface area contributed by atoms with E-state index in [1.165, 1.54) is 19.3 Å². The third-order valence-corrected chi connectivity index (χ3v) is 3.15. The van der Waals surface area contributed by atoms with Crippen molar-refractivity contribution in [2.75, 3.05) is 13.1 Å². The van der Waals surface area contributed by atoms with Crippen molar-refractivity contribution >= 4 is 6.09 Å². The van der Waals surface area contributed by atoms with E-state index >= 15 is 0 Å². The predicted octanol–water partition coefficient (Wildman–Crippen LogP) is 2.56. The first-order valence-corrected chi connectivity index (χ1v) is 6.39. The van der Waals surface area contributed by atoms with E-state index in [1.807, 2.05) is 33.2 Å². The molecule has 0 aromatic rings. The summed E-state index contributed by atoms with van der Waals surface area (Å²) in [6.07, 6.45) is 7.32. The van der Waals surface area contributed by atoms with Crippen LogP contribution in [-0.2, 0) is 4.74 Å². The highest BCUT2D eigenvalue weighted by Crippen LogP contribution is 2.22. The number of piperidine rings is 1. The third kappa shape index (κ3) is 3.14. The minimum absolute atomic E-state index is 0.237. The molecule has 2 aliphatic heterocycles. The summed E-state index contributed by atoms with van der Waals surface area (Å²) >= 11 is 0. The van der Waals surface area contributed by atoms with Gasteiger partial charge in [-0.3, -0.25) is 4.90 Å². The molecular formula is C13H22N2O2. The van der Waals surface area contributed by atoms with E-state index < -0.39 is 5.60 Å². The molecule has 0 radical (unpaired) electrons. The van der Waals surface area contributed by atoms with Crippen LogP contribution in [0.25, 0.3) is 0 Å². The molecule has 4 heteroatoms. The van der Waals surface area contributed by atoms with E-state index in [0.29, 0.717) is 6.04 Å². The van der Waals surface area contributed by atoms with Crippen molar-refractivity contribution in [3.63, 3.8) is 0 Å². The van der Waals surface area contributed by atoms with Crippen LogP contribution in [0.4, 0.5) is 4.79 Å². The van der Waals surface area contributed by atoms with Crippen LogP contribution in [0.15, 0.2) is 12.4 Å². The van der Waals surface area contributed by atoms with Gasteiger partial charge in [0.1, 0.15) is 5.60 Å². The Morgan fingerprint density at radius 3 is 2.76 bits per heavy atom. The Kier molecular flexibility index (Phi) is 3.31. The van der Waals surface area contributed by atoms with Gasteiger partial charge in [-0.15, -0.1) is 0 Å². The molecule has 0 spiro atoms. The molecule has 0 aliphatic carbocycles. The normalized spacial score (nSPS) is 24.5. The summed E-state index contributed by atoms with van der Waals surface area (Å²) in [7, 11) is 0. The monoisotopic (exact) mass is 238 g/mol. The summed E-state index contributed by atoms with van der Waals surface area (Å²) in [5, 5.41) is 0. The van der Waals surface area contributed by atoms with Crippen molar-refractivity contribution in [2.24, 2.45) is 0 Å². The number of hydrogen-bond donors (Lipinski definition) is 0. The van der Waals surface area contributed by atoms with Gasteiger partial charge in [0, 0.05) is 31.5 Å². The molecular weight excluding hydrogens is 216 g/mol. The molecule has 1 amide bonds. The van der Waals surface area contributed by atoms with Gasteiger partial charge in [0.25, 0.3) is 0 Å². The van der Waals surface area contributed by atoms with Crippen LogP contribution < -0.4 is 0 Å². The molecule has 2 aliphatic rings. The quantitative estimate of drug-likeness (QED) is 0.650. The number of nitrogens with zero attached hydrogens (tertiary/aromatic N) is 2. The maximum Gasteiger partial charge on any atom is 0.414 e. The van der Waals surface area contributed by atoms with E-state index in [1.54, 1.807) is 4.90 Å². The highest BCUT2D eigenvalue weighted by Gasteiger charge is 2.29. The van der Waals surface area contributed by atoms with Gasteiger partial charge >= 0.3 is 6.09 Å². The van der Waals surface area contributed by atoms with Crippen molar-refractivity contribution in [2.45, 2.75) is 51.7 Å². The van der Waals surface area contributed by atoms with Gasteiger partial charge < -0.3 is 9.64 Å². The number of fused-ring (bicyclic) bond motifs is 1. The number of amides is 1. The molecule has 17 heavy (non-hydrogen) atoms. The fourth-order valence-electron chi connectivity index (χ4n) is 2.33.